The number of sulfone groups is 1. The molecule has 0 aliphatic rings. The SMILES string of the molecule is COc1ccc(S(=O)(=O)Cc2cc(N)ccc2Cl)cc1. The van der Waals surface area contributed by atoms with E-state index in [0.717, 1.165) is 0 Å². The van der Waals surface area contributed by atoms with Gasteiger partial charge in [0.2, 0.25) is 0 Å². The molecule has 0 atom stereocenters. The Hall–Kier alpha value is -1.72. The van der Waals surface area contributed by atoms with E-state index >= 15 is 0 Å². The molecule has 0 amide bonds. The summed E-state index contributed by atoms with van der Waals surface area (Å²) in [5.74, 6) is 0.411. The van der Waals surface area contributed by atoms with Crippen LogP contribution in [0.2, 0.25) is 5.02 Å². The molecule has 0 spiro atoms. The van der Waals surface area contributed by atoms with Gasteiger partial charge in [0.05, 0.1) is 17.8 Å². The molecule has 2 aromatic rings. The molecule has 4 nitrogen and oxygen atoms in total. The summed E-state index contributed by atoms with van der Waals surface area (Å²) in [5.41, 5.74) is 6.62. The molecule has 0 aromatic heterocycles. The first-order chi connectivity index (χ1) is 9.42. The van der Waals surface area contributed by atoms with Gasteiger partial charge in [-0.05, 0) is 48.0 Å². The van der Waals surface area contributed by atoms with Crippen molar-refractivity contribution in [2.24, 2.45) is 0 Å². The van der Waals surface area contributed by atoms with Gasteiger partial charge in [-0.15, -0.1) is 0 Å². The van der Waals surface area contributed by atoms with Crippen molar-refractivity contribution in [1.82, 2.24) is 0 Å². The number of nitrogen functional groups attached to an aromatic ring is 1. The minimum Gasteiger partial charge on any atom is -0.497 e. The van der Waals surface area contributed by atoms with Crippen LogP contribution in [0.25, 0.3) is 0 Å². The van der Waals surface area contributed by atoms with E-state index in [4.69, 9.17) is 22.1 Å². The van der Waals surface area contributed by atoms with Crippen molar-refractivity contribution in [3.8, 4) is 5.75 Å². The zero-order valence-corrected chi connectivity index (χ0v) is 12.4. The lowest BCUT2D eigenvalue weighted by molar-refractivity contribution is 0.414. The smallest absolute Gasteiger partial charge is 0.182 e. The van der Waals surface area contributed by atoms with E-state index < -0.39 is 9.84 Å². The van der Waals surface area contributed by atoms with E-state index in [0.29, 0.717) is 22.0 Å². The van der Waals surface area contributed by atoms with E-state index in [1.165, 1.54) is 19.2 Å². The topological polar surface area (TPSA) is 69.4 Å². The summed E-state index contributed by atoms with van der Waals surface area (Å²) < 4.78 is 29.7. The minimum atomic E-state index is -3.47. The molecular weight excluding hydrogens is 298 g/mol. The molecule has 0 bridgehead atoms. The first-order valence-corrected chi connectivity index (χ1v) is 7.86. The van der Waals surface area contributed by atoms with Crippen LogP contribution in [-0.4, -0.2) is 15.5 Å². The highest BCUT2D eigenvalue weighted by Gasteiger charge is 2.17. The third-order valence-corrected chi connectivity index (χ3v) is 4.88. The van der Waals surface area contributed by atoms with Crippen molar-refractivity contribution in [3.05, 3.63) is 53.1 Å². The Bertz CT molecular complexity index is 712. The third kappa shape index (κ3) is 3.23. The Morgan fingerprint density at radius 1 is 1.15 bits per heavy atom. The number of anilines is 1. The summed E-state index contributed by atoms with van der Waals surface area (Å²) in [6, 6.07) is 11.0. The average molecular weight is 312 g/mol. The first-order valence-electron chi connectivity index (χ1n) is 5.83. The van der Waals surface area contributed by atoms with Crippen molar-refractivity contribution in [2.75, 3.05) is 12.8 Å². The van der Waals surface area contributed by atoms with Gasteiger partial charge in [0.25, 0.3) is 0 Å². The summed E-state index contributed by atoms with van der Waals surface area (Å²) in [6.07, 6.45) is 0. The summed E-state index contributed by atoms with van der Waals surface area (Å²) in [4.78, 5) is 0.219. The van der Waals surface area contributed by atoms with Crippen LogP contribution in [-0.2, 0) is 15.6 Å². The second-order valence-electron chi connectivity index (χ2n) is 4.29. The molecular formula is C14H14ClNO3S. The van der Waals surface area contributed by atoms with Crippen LogP contribution >= 0.6 is 11.6 Å². The van der Waals surface area contributed by atoms with Gasteiger partial charge in [0.1, 0.15) is 5.75 Å². The minimum absolute atomic E-state index is 0.191. The maximum Gasteiger partial charge on any atom is 0.182 e. The van der Waals surface area contributed by atoms with Crippen LogP contribution in [0.3, 0.4) is 0 Å². The van der Waals surface area contributed by atoms with Gasteiger partial charge in [-0.1, -0.05) is 11.6 Å². The molecule has 0 aliphatic carbocycles. The molecule has 0 unspecified atom stereocenters. The predicted molar refractivity (Wildman–Crippen MR) is 79.7 cm³/mol. The van der Waals surface area contributed by atoms with Crippen molar-refractivity contribution in [2.45, 2.75) is 10.6 Å². The Labute approximate surface area is 123 Å². The first kappa shape index (κ1) is 14.7. The lowest BCUT2D eigenvalue weighted by Crippen LogP contribution is -2.06. The third-order valence-electron chi connectivity index (χ3n) is 2.83. The van der Waals surface area contributed by atoms with Crippen molar-refractivity contribution >= 4 is 27.1 Å². The van der Waals surface area contributed by atoms with E-state index in [1.54, 1.807) is 30.3 Å². The Balaban J connectivity index is 2.32. The number of halogens is 1. The molecule has 0 aliphatic heterocycles. The fourth-order valence-corrected chi connectivity index (χ4v) is 3.41. The molecule has 0 saturated carbocycles. The highest BCUT2D eigenvalue weighted by Crippen LogP contribution is 2.25. The molecule has 0 fully saturated rings. The molecule has 106 valence electrons. The van der Waals surface area contributed by atoms with Gasteiger partial charge < -0.3 is 10.5 Å². The monoisotopic (exact) mass is 311 g/mol. The van der Waals surface area contributed by atoms with Gasteiger partial charge in [-0.2, -0.15) is 0 Å². The lowest BCUT2D eigenvalue weighted by Gasteiger charge is -2.08. The van der Waals surface area contributed by atoms with Crippen LogP contribution in [0.15, 0.2) is 47.4 Å². The summed E-state index contributed by atoms with van der Waals surface area (Å²) in [6.45, 7) is 0. The maximum absolute atomic E-state index is 12.3. The quantitative estimate of drug-likeness (QED) is 0.881. The molecule has 2 aromatic carbocycles. The second kappa shape index (κ2) is 5.73. The molecule has 6 heteroatoms. The van der Waals surface area contributed by atoms with Crippen molar-refractivity contribution in [3.63, 3.8) is 0 Å². The van der Waals surface area contributed by atoms with E-state index in [9.17, 15) is 8.42 Å². The van der Waals surface area contributed by atoms with Crippen molar-refractivity contribution in [1.29, 1.82) is 0 Å². The van der Waals surface area contributed by atoms with Crippen LogP contribution in [0.4, 0.5) is 5.69 Å². The predicted octanol–water partition coefficient (Wildman–Crippen LogP) is 2.90. The van der Waals surface area contributed by atoms with Crippen LogP contribution in [0, 0.1) is 0 Å². The van der Waals surface area contributed by atoms with Gasteiger partial charge in [0.15, 0.2) is 9.84 Å². The van der Waals surface area contributed by atoms with Crippen LogP contribution in [0.5, 0.6) is 5.75 Å². The van der Waals surface area contributed by atoms with E-state index in [-0.39, 0.29) is 10.6 Å². The molecule has 0 heterocycles. The fraction of sp³-hybridized carbons (Fsp3) is 0.143. The lowest BCUT2D eigenvalue weighted by atomic mass is 10.2. The standard InChI is InChI=1S/C14H14ClNO3S/c1-19-12-3-5-13(6-4-12)20(17,18)9-10-8-11(16)2-7-14(10)15/h2-8H,9,16H2,1H3. The Morgan fingerprint density at radius 2 is 1.80 bits per heavy atom. The zero-order valence-electron chi connectivity index (χ0n) is 10.8. The second-order valence-corrected chi connectivity index (χ2v) is 6.68. The fourth-order valence-electron chi connectivity index (χ4n) is 1.78. The molecule has 2 rings (SSSR count). The van der Waals surface area contributed by atoms with Gasteiger partial charge in [-0.3, -0.25) is 0 Å². The van der Waals surface area contributed by atoms with Gasteiger partial charge >= 0.3 is 0 Å². The number of hydrogen-bond acceptors (Lipinski definition) is 4. The average Bonchev–Trinajstić information content (AvgIpc) is 2.43. The van der Waals surface area contributed by atoms with Crippen LogP contribution in [0.1, 0.15) is 5.56 Å². The Morgan fingerprint density at radius 3 is 2.40 bits per heavy atom. The highest BCUT2D eigenvalue weighted by atomic mass is 35.5. The highest BCUT2D eigenvalue weighted by molar-refractivity contribution is 7.90. The molecule has 0 radical (unpaired) electrons. The number of hydrogen-bond donors (Lipinski definition) is 1. The van der Waals surface area contributed by atoms with Gasteiger partial charge in [0, 0.05) is 10.7 Å². The Kier molecular flexibility index (Phi) is 4.20. The summed E-state index contributed by atoms with van der Waals surface area (Å²) >= 11 is 6.00. The van der Waals surface area contributed by atoms with E-state index in [1.807, 2.05) is 0 Å². The number of methoxy groups -OCH3 is 1. The van der Waals surface area contributed by atoms with E-state index in [2.05, 4.69) is 0 Å². The van der Waals surface area contributed by atoms with Crippen molar-refractivity contribution < 1.29 is 13.2 Å². The number of rotatable bonds is 4. The zero-order chi connectivity index (χ0) is 14.8. The largest absolute Gasteiger partial charge is 0.497 e. The summed E-state index contributed by atoms with van der Waals surface area (Å²) in [5, 5.41) is 0.385. The summed E-state index contributed by atoms with van der Waals surface area (Å²) in [7, 11) is -1.95. The number of benzene rings is 2. The molecule has 2 N–H and O–H groups in total. The number of nitrogens with two attached hydrogens (primary N) is 1. The molecule has 0 saturated heterocycles. The van der Waals surface area contributed by atoms with Gasteiger partial charge in [-0.25, -0.2) is 8.42 Å². The normalized spacial score (nSPS) is 11.3. The van der Waals surface area contributed by atoms with Crippen LogP contribution < -0.4 is 10.5 Å². The maximum atomic E-state index is 12.3. The molecule has 20 heavy (non-hydrogen) atoms. The number of ether oxygens (including phenoxy) is 1.